The fourth-order valence-corrected chi connectivity index (χ4v) is 3.52. The fraction of sp³-hybridized carbons (Fsp3) is 0.529. The van der Waals surface area contributed by atoms with Gasteiger partial charge in [-0.2, -0.15) is 0 Å². The van der Waals surface area contributed by atoms with Crippen LogP contribution in [0.4, 0.5) is 0 Å². The van der Waals surface area contributed by atoms with E-state index in [9.17, 15) is 9.59 Å². The molecule has 0 radical (unpaired) electrons. The predicted octanol–water partition coefficient (Wildman–Crippen LogP) is 3.03. The minimum atomic E-state index is -0.756. The summed E-state index contributed by atoms with van der Waals surface area (Å²) >= 11 is 6.19. The number of carboxylic acids is 1. The quantitative estimate of drug-likeness (QED) is 0.876. The summed E-state index contributed by atoms with van der Waals surface area (Å²) in [6.07, 6.45) is 4.36. The van der Waals surface area contributed by atoms with Crippen LogP contribution in [0.3, 0.4) is 0 Å². The molecule has 0 heterocycles. The molecule has 3 rings (SSSR count). The molecular weight excluding hydrogens is 302 g/mol. The van der Waals surface area contributed by atoms with E-state index in [1.54, 1.807) is 0 Å². The number of hydrogen-bond acceptors (Lipinski definition) is 2. The molecule has 0 spiro atoms. The average Bonchev–Trinajstić information content (AvgIpc) is 3.11. The van der Waals surface area contributed by atoms with Crippen molar-refractivity contribution in [3.05, 3.63) is 34.9 Å². The van der Waals surface area contributed by atoms with Crippen LogP contribution in [0.2, 0.25) is 5.02 Å². The molecule has 22 heavy (non-hydrogen) atoms. The van der Waals surface area contributed by atoms with Crippen molar-refractivity contribution in [1.82, 2.24) is 5.32 Å². The van der Waals surface area contributed by atoms with E-state index >= 15 is 0 Å². The van der Waals surface area contributed by atoms with Gasteiger partial charge in [0.2, 0.25) is 5.91 Å². The molecule has 0 unspecified atom stereocenters. The summed E-state index contributed by atoms with van der Waals surface area (Å²) in [7, 11) is 0. The normalized spacial score (nSPS) is 25.7. The molecule has 1 amide bonds. The van der Waals surface area contributed by atoms with Crippen molar-refractivity contribution in [2.45, 2.75) is 44.6 Å². The molecule has 2 atom stereocenters. The van der Waals surface area contributed by atoms with Crippen molar-refractivity contribution in [2.75, 3.05) is 0 Å². The Labute approximate surface area is 134 Å². The maximum absolute atomic E-state index is 12.6. The molecule has 0 saturated heterocycles. The van der Waals surface area contributed by atoms with Crippen LogP contribution in [-0.4, -0.2) is 23.0 Å². The molecule has 0 aliphatic heterocycles. The van der Waals surface area contributed by atoms with Crippen LogP contribution in [0.25, 0.3) is 0 Å². The number of carbonyl (C=O) groups is 2. The first-order valence-electron chi connectivity index (χ1n) is 7.77. The highest BCUT2D eigenvalue weighted by Gasteiger charge is 2.50. The van der Waals surface area contributed by atoms with E-state index in [2.05, 4.69) is 5.32 Å². The van der Waals surface area contributed by atoms with Crippen LogP contribution < -0.4 is 5.32 Å². The van der Waals surface area contributed by atoms with Crippen molar-refractivity contribution in [3.8, 4) is 0 Å². The fourth-order valence-electron chi connectivity index (χ4n) is 3.32. The first-order chi connectivity index (χ1) is 10.5. The molecule has 0 bridgehead atoms. The van der Waals surface area contributed by atoms with Gasteiger partial charge in [-0.3, -0.25) is 9.59 Å². The van der Waals surface area contributed by atoms with E-state index < -0.39 is 5.97 Å². The number of amides is 1. The number of aliphatic carboxylic acids is 1. The zero-order chi connectivity index (χ0) is 15.7. The highest BCUT2D eigenvalue weighted by atomic mass is 35.5. The summed E-state index contributed by atoms with van der Waals surface area (Å²) in [4.78, 5) is 23.6. The van der Waals surface area contributed by atoms with Gasteiger partial charge in [0.1, 0.15) is 0 Å². The zero-order valence-corrected chi connectivity index (χ0v) is 13.1. The number of rotatable bonds is 5. The summed E-state index contributed by atoms with van der Waals surface area (Å²) in [6.45, 7) is 0. The number of carboxylic acid groups (broad SMARTS) is 1. The first kappa shape index (κ1) is 15.3. The Balaban J connectivity index is 1.60. The van der Waals surface area contributed by atoms with Crippen LogP contribution >= 0.6 is 11.6 Å². The average molecular weight is 322 g/mol. The molecule has 118 valence electrons. The third-order valence-corrected chi connectivity index (χ3v) is 5.31. The SMILES string of the molecule is O=C(O)[C@H]1CC[C@@H](NC(=O)C2(Cc3ccccc3Cl)CC2)C1. The lowest BCUT2D eigenvalue weighted by Gasteiger charge is -2.19. The van der Waals surface area contributed by atoms with Gasteiger partial charge >= 0.3 is 5.97 Å². The Morgan fingerprint density at radius 3 is 2.59 bits per heavy atom. The number of carbonyl (C=O) groups excluding carboxylic acids is 1. The zero-order valence-electron chi connectivity index (χ0n) is 12.3. The molecular formula is C17H20ClNO3. The van der Waals surface area contributed by atoms with Gasteiger partial charge in [-0.05, 0) is 50.2 Å². The van der Waals surface area contributed by atoms with Gasteiger partial charge in [-0.25, -0.2) is 0 Å². The molecule has 2 saturated carbocycles. The largest absolute Gasteiger partial charge is 0.481 e. The van der Waals surface area contributed by atoms with Crippen molar-refractivity contribution in [2.24, 2.45) is 11.3 Å². The van der Waals surface area contributed by atoms with E-state index in [4.69, 9.17) is 16.7 Å². The molecule has 1 aromatic rings. The molecule has 4 nitrogen and oxygen atoms in total. The highest BCUT2D eigenvalue weighted by Crippen LogP contribution is 2.49. The molecule has 5 heteroatoms. The summed E-state index contributed by atoms with van der Waals surface area (Å²) in [5.74, 6) is -1.01. The van der Waals surface area contributed by atoms with Gasteiger partial charge in [0.25, 0.3) is 0 Å². The van der Waals surface area contributed by atoms with E-state index in [0.717, 1.165) is 24.8 Å². The number of halogens is 1. The molecule has 2 aliphatic rings. The van der Waals surface area contributed by atoms with E-state index in [-0.39, 0.29) is 23.3 Å². The molecule has 1 aromatic carbocycles. The minimum absolute atomic E-state index is 0.00248. The Morgan fingerprint density at radius 2 is 2.00 bits per heavy atom. The Bertz CT molecular complexity index is 597. The van der Waals surface area contributed by atoms with Crippen LogP contribution in [0, 0.1) is 11.3 Å². The third-order valence-electron chi connectivity index (χ3n) is 4.94. The van der Waals surface area contributed by atoms with Gasteiger partial charge in [0, 0.05) is 11.1 Å². The van der Waals surface area contributed by atoms with E-state index in [0.29, 0.717) is 24.3 Å². The second-order valence-corrected chi connectivity index (χ2v) is 6.97. The van der Waals surface area contributed by atoms with Gasteiger partial charge in [-0.1, -0.05) is 29.8 Å². The highest BCUT2D eigenvalue weighted by molar-refractivity contribution is 6.31. The maximum Gasteiger partial charge on any atom is 0.306 e. The van der Waals surface area contributed by atoms with Gasteiger partial charge in [-0.15, -0.1) is 0 Å². The second-order valence-electron chi connectivity index (χ2n) is 6.57. The summed E-state index contributed by atoms with van der Waals surface area (Å²) in [5, 5.41) is 12.8. The summed E-state index contributed by atoms with van der Waals surface area (Å²) in [6, 6.07) is 7.63. The Kier molecular flexibility index (Phi) is 4.13. The van der Waals surface area contributed by atoms with Gasteiger partial charge in [0.15, 0.2) is 0 Å². The molecule has 0 aromatic heterocycles. The van der Waals surface area contributed by atoms with E-state index in [1.165, 1.54) is 0 Å². The van der Waals surface area contributed by atoms with Crippen molar-refractivity contribution >= 4 is 23.5 Å². The maximum atomic E-state index is 12.6. The van der Waals surface area contributed by atoms with Crippen LogP contribution in [0.5, 0.6) is 0 Å². The van der Waals surface area contributed by atoms with Crippen molar-refractivity contribution in [3.63, 3.8) is 0 Å². The van der Waals surface area contributed by atoms with Crippen LogP contribution in [0.1, 0.15) is 37.7 Å². The molecule has 2 aliphatic carbocycles. The lowest BCUT2D eigenvalue weighted by molar-refractivity contribution is -0.141. The smallest absolute Gasteiger partial charge is 0.306 e. The van der Waals surface area contributed by atoms with Crippen molar-refractivity contribution < 1.29 is 14.7 Å². The van der Waals surface area contributed by atoms with Gasteiger partial charge < -0.3 is 10.4 Å². The van der Waals surface area contributed by atoms with Gasteiger partial charge in [0.05, 0.1) is 11.3 Å². The lowest BCUT2D eigenvalue weighted by Crippen LogP contribution is -2.39. The number of hydrogen-bond donors (Lipinski definition) is 2. The second kappa shape index (κ2) is 5.92. The summed E-state index contributed by atoms with van der Waals surface area (Å²) < 4.78 is 0. The van der Waals surface area contributed by atoms with Crippen LogP contribution in [0.15, 0.2) is 24.3 Å². The monoisotopic (exact) mass is 321 g/mol. The lowest BCUT2D eigenvalue weighted by atomic mass is 9.95. The van der Waals surface area contributed by atoms with E-state index in [1.807, 2.05) is 24.3 Å². The molecule has 2 fully saturated rings. The topological polar surface area (TPSA) is 66.4 Å². The Morgan fingerprint density at radius 1 is 1.27 bits per heavy atom. The number of benzene rings is 1. The van der Waals surface area contributed by atoms with Crippen molar-refractivity contribution in [1.29, 1.82) is 0 Å². The molecule has 2 N–H and O–H groups in total. The standard InChI is InChI=1S/C17H20ClNO3/c18-14-4-2-1-3-12(14)10-17(7-8-17)16(22)19-13-6-5-11(9-13)15(20)21/h1-4,11,13H,5-10H2,(H,19,22)(H,20,21)/t11-,13+/m0/s1. The number of nitrogens with one attached hydrogen (secondary N) is 1. The predicted molar refractivity (Wildman–Crippen MR) is 83.7 cm³/mol. The minimum Gasteiger partial charge on any atom is -0.481 e. The van der Waals surface area contributed by atoms with Crippen LogP contribution in [-0.2, 0) is 16.0 Å². The summed E-state index contributed by atoms with van der Waals surface area (Å²) in [5.41, 5.74) is 0.665. The first-order valence-corrected chi connectivity index (χ1v) is 8.15. The third kappa shape index (κ3) is 3.12. The Hall–Kier alpha value is -1.55.